The zero-order valence-corrected chi connectivity index (χ0v) is 14.9. The normalized spacial score (nSPS) is 26.0. The third kappa shape index (κ3) is 4.00. The molecule has 7 nitrogen and oxygen atoms in total. The second-order valence-corrected chi connectivity index (χ2v) is 7.99. The van der Waals surface area contributed by atoms with Crippen LogP contribution >= 0.6 is 11.8 Å². The Kier molecular flexibility index (Phi) is 4.96. The third-order valence-corrected chi connectivity index (χ3v) is 6.25. The van der Waals surface area contributed by atoms with Crippen LogP contribution in [0.3, 0.4) is 0 Å². The molecule has 0 bridgehead atoms. The van der Waals surface area contributed by atoms with Gasteiger partial charge in [-0.05, 0) is 38.2 Å². The van der Waals surface area contributed by atoms with Crippen molar-refractivity contribution in [1.29, 1.82) is 0 Å². The van der Waals surface area contributed by atoms with Crippen LogP contribution in [0.25, 0.3) is 0 Å². The summed E-state index contributed by atoms with van der Waals surface area (Å²) in [5.74, 6) is 1.13. The number of nitrogens with one attached hydrogen (secondary N) is 1. The van der Waals surface area contributed by atoms with Gasteiger partial charge in [-0.2, -0.15) is 5.10 Å². The molecular formula is C17H22N6OS. The molecule has 2 aromatic rings. The number of aromatic nitrogens is 5. The molecule has 0 radical (unpaired) electrons. The molecule has 25 heavy (non-hydrogen) atoms. The minimum atomic E-state index is 0.0292. The predicted octanol–water partition coefficient (Wildman–Crippen LogP) is 1.85. The smallest absolute Gasteiger partial charge is 0.223 e. The summed E-state index contributed by atoms with van der Waals surface area (Å²) in [5, 5.41) is 8.82. The van der Waals surface area contributed by atoms with Crippen molar-refractivity contribution in [3.8, 4) is 0 Å². The molecule has 0 saturated heterocycles. The van der Waals surface area contributed by atoms with E-state index < -0.39 is 0 Å². The number of hydrogen-bond donors (Lipinski definition) is 1. The third-order valence-electron chi connectivity index (χ3n) is 5.02. The molecule has 1 aliphatic heterocycles. The molecule has 8 heteroatoms. The molecule has 1 fully saturated rings. The average Bonchev–Trinajstić information content (AvgIpc) is 3.12. The van der Waals surface area contributed by atoms with Gasteiger partial charge in [-0.1, -0.05) is 11.8 Å². The number of fused-ring (bicyclic) bond motifs is 1. The van der Waals surface area contributed by atoms with E-state index in [1.807, 2.05) is 10.7 Å². The molecule has 2 aliphatic rings. The van der Waals surface area contributed by atoms with Gasteiger partial charge in [-0.3, -0.25) is 9.48 Å². The van der Waals surface area contributed by atoms with Gasteiger partial charge in [-0.15, -0.1) is 0 Å². The summed E-state index contributed by atoms with van der Waals surface area (Å²) >= 11 is 1.75. The number of carbonyl (C=O) groups is 1. The van der Waals surface area contributed by atoms with Crippen LogP contribution in [0.4, 0.5) is 0 Å². The Bertz CT molecular complexity index is 713. The quantitative estimate of drug-likeness (QED) is 0.840. The molecule has 4 rings (SSSR count). The lowest BCUT2D eigenvalue weighted by Crippen LogP contribution is -2.43. The Hall–Kier alpha value is -1.96. The van der Waals surface area contributed by atoms with E-state index in [4.69, 9.17) is 0 Å². The summed E-state index contributed by atoms with van der Waals surface area (Å²) in [6.07, 6.45) is 10.9. The highest BCUT2D eigenvalue weighted by atomic mass is 32.2. The largest absolute Gasteiger partial charge is 0.353 e. The molecule has 0 spiro atoms. The number of nitrogens with zero attached hydrogens (tertiary/aromatic N) is 5. The van der Waals surface area contributed by atoms with E-state index >= 15 is 0 Å². The minimum Gasteiger partial charge on any atom is -0.353 e. The highest BCUT2D eigenvalue weighted by molar-refractivity contribution is 7.99. The van der Waals surface area contributed by atoms with Crippen molar-refractivity contribution in [3.63, 3.8) is 0 Å². The highest BCUT2D eigenvalue weighted by Crippen LogP contribution is 2.32. The molecule has 1 atom stereocenters. The Morgan fingerprint density at radius 1 is 1.12 bits per heavy atom. The summed E-state index contributed by atoms with van der Waals surface area (Å²) in [7, 11) is 0. The Morgan fingerprint density at radius 3 is 2.72 bits per heavy atom. The number of hydrogen-bond acceptors (Lipinski definition) is 6. The molecule has 1 aliphatic carbocycles. The van der Waals surface area contributed by atoms with Crippen LogP contribution in [0.5, 0.6) is 0 Å². The summed E-state index contributed by atoms with van der Waals surface area (Å²) in [6, 6.07) is 2.13. The molecule has 1 saturated carbocycles. The van der Waals surface area contributed by atoms with Gasteiger partial charge in [0.05, 0.1) is 0 Å². The number of carbonyl (C=O) groups excluding carboxylic acids is 1. The standard InChI is InChI=1S/C17H22N6OS/c24-16(12-6-9-23-15(10-12)20-11-21-23)22-13-2-4-14(5-3-13)25-17-18-7-1-8-19-17/h1,7-8,11-14H,2-6,9-10H2,(H,22,24). The van der Waals surface area contributed by atoms with Gasteiger partial charge >= 0.3 is 0 Å². The number of amides is 1. The van der Waals surface area contributed by atoms with Crippen molar-refractivity contribution in [1.82, 2.24) is 30.0 Å². The SMILES string of the molecule is O=C(NC1CCC(Sc2ncccn2)CC1)C1CCn2ncnc2C1. The first-order chi connectivity index (χ1) is 12.3. The Morgan fingerprint density at radius 2 is 1.92 bits per heavy atom. The fourth-order valence-electron chi connectivity index (χ4n) is 3.60. The zero-order valence-electron chi connectivity index (χ0n) is 14.0. The first-order valence-electron chi connectivity index (χ1n) is 8.88. The van der Waals surface area contributed by atoms with Crippen molar-refractivity contribution in [2.45, 2.75) is 61.5 Å². The van der Waals surface area contributed by atoms with E-state index in [9.17, 15) is 4.79 Å². The average molecular weight is 358 g/mol. The monoisotopic (exact) mass is 358 g/mol. The van der Waals surface area contributed by atoms with E-state index in [2.05, 4.69) is 25.4 Å². The second kappa shape index (κ2) is 7.51. The number of aryl methyl sites for hydroxylation is 1. The van der Waals surface area contributed by atoms with Crippen molar-refractivity contribution < 1.29 is 4.79 Å². The van der Waals surface area contributed by atoms with Gasteiger partial charge in [0.2, 0.25) is 5.91 Å². The zero-order chi connectivity index (χ0) is 17.1. The molecule has 1 N–H and O–H groups in total. The van der Waals surface area contributed by atoms with Crippen LogP contribution in [0, 0.1) is 5.92 Å². The van der Waals surface area contributed by atoms with E-state index in [1.54, 1.807) is 30.5 Å². The lowest BCUT2D eigenvalue weighted by atomic mass is 9.92. The summed E-state index contributed by atoms with van der Waals surface area (Å²) < 4.78 is 1.90. The lowest BCUT2D eigenvalue weighted by Gasteiger charge is -2.30. The molecule has 2 aromatic heterocycles. The number of rotatable bonds is 4. The molecule has 0 aromatic carbocycles. The van der Waals surface area contributed by atoms with E-state index in [-0.39, 0.29) is 11.8 Å². The second-order valence-electron chi connectivity index (χ2n) is 6.72. The molecule has 1 amide bonds. The number of thioether (sulfide) groups is 1. The Balaban J connectivity index is 1.24. The Labute approximate surface area is 151 Å². The van der Waals surface area contributed by atoms with Crippen LogP contribution in [0.1, 0.15) is 37.9 Å². The van der Waals surface area contributed by atoms with Gasteiger partial charge in [0, 0.05) is 42.6 Å². The van der Waals surface area contributed by atoms with E-state index in [0.717, 1.165) is 49.6 Å². The van der Waals surface area contributed by atoms with E-state index in [1.165, 1.54) is 0 Å². The first-order valence-corrected chi connectivity index (χ1v) is 9.76. The van der Waals surface area contributed by atoms with Gasteiger partial charge in [-0.25, -0.2) is 15.0 Å². The molecular weight excluding hydrogens is 336 g/mol. The molecule has 1 unspecified atom stereocenters. The van der Waals surface area contributed by atoms with Crippen LogP contribution in [-0.2, 0) is 17.8 Å². The minimum absolute atomic E-state index is 0.0292. The molecule has 3 heterocycles. The topological polar surface area (TPSA) is 85.6 Å². The summed E-state index contributed by atoms with van der Waals surface area (Å²) in [5.41, 5.74) is 0. The van der Waals surface area contributed by atoms with Crippen molar-refractivity contribution in [3.05, 3.63) is 30.6 Å². The summed E-state index contributed by atoms with van der Waals surface area (Å²) in [4.78, 5) is 25.4. The van der Waals surface area contributed by atoms with Crippen LogP contribution in [0.2, 0.25) is 0 Å². The van der Waals surface area contributed by atoms with Crippen molar-refractivity contribution in [2.75, 3.05) is 0 Å². The predicted molar refractivity (Wildman–Crippen MR) is 93.9 cm³/mol. The maximum atomic E-state index is 12.6. The van der Waals surface area contributed by atoms with Gasteiger partial charge < -0.3 is 5.32 Å². The van der Waals surface area contributed by atoms with Crippen molar-refractivity contribution >= 4 is 17.7 Å². The van der Waals surface area contributed by atoms with Gasteiger partial charge in [0.1, 0.15) is 12.2 Å². The lowest BCUT2D eigenvalue weighted by molar-refractivity contribution is -0.126. The van der Waals surface area contributed by atoms with Crippen LogP contribution < -0.4 is 5.32 Å². The van der Waals surface area contributed by atoms with E-state index in [0.29, 0.717) is 17.7 Å². The summed E-state index contributed by atoms with van der Waals surface area (Å²) in [6.45, 7) is 0.786. The van der Waals surface area contributed by atoms with Crippen LogP contribution in [-0.4, -0.2) is 41.9 Å². The van der Waals surface area contributed by atoms with Crippen molar-refractivity contribution in [2.24, 2.45) is 5.92 Å². The maximum Gasteiger partial charge on any atom is 0.223 e. The van der Waals surface area contributed by atoms with Gasteiger partial charge in [0.15, 0.2) is 5.16 Å². The highest BCUT2D eigenvalue weighted by Gasteiger charge is 2.29. The molecule has 132 valence electrons. The fourth-order valence-corrected chi connectivity index (χ4v) is 4.65. The fraction of sp³-hybridized carbons (Fsp3) is 0.588. The van der Waals surface area contributed by atoms with Crippen LogP contribution in [0.15, 0.2) is 29.9 Å². The first kappa shape index (κ1) is 16.5. The maximum absolute atomic E-state index is 12.6. The van der Waals surface area contributed by atoms with Gasteiger partial charge in [0.25, 0.3) is 0 Å².